The molecular weight excluding hydrogens is 360 g/mol. The van der Waals surface area contributed by atoms with Gasteiger partial charge in [-0.1, -0.05) is 18.2 Å². The van der Waals surface area contributed by atoms with Gasteiger partial charge in [0.1, 0.15) is 11.2 Å². The number of amides is 1. The number of carbonyl (C=O) groups is 2. The van der Waals surface area contributed by atoms with E-state index in [2.05, 4.69) is 0 Å². The molecular formula is C17H22N2O6S. The first-order valence-electron chi connectivity index (χ1n) is 8.25. The molecule has 0 aliphatic carbocycles. The maximum Gasteiger partial charge on any atom is 0.313 e. The highest BCUT2D eigenvalue weighted by Crippen LogP contribution is 2.43. The van der Waals surface area contributed by atoms with E-state index in [-0.39, 0.29) is 38.5 Å². The standard InChI is InChI=1S/C17H22N2O6S/c1-25-14-6-4-3-5-12(14)7-15(20)18-8-13-9-19(26(2,23)24)11-17(13,10-18)16(21)22/h3-6,13H,7-11H2,1-2H3,(H,21,22)/t13-,17-/m0/s1. The second kappa shape index (κ2) is 6.55. The molecule has 2 atom stereocenters. The summed E-state index contributed by atoms with van der Waals surface area (Å²) in [5.74, 6) is -1.04. The van der Waals surface area contributed by atoms with Crippen molar-refractivity contribution in [2.45, 2.75) is 6.42 Å². The molecule has 2 aliphatic heterocycles. The fourth-order valence-corrected chi connectivity index (χ4v) is 4.80. The Hall–Kier alpha value is -2.13. The van der Waals surface area contributed by atoms with Crippen molar-refractivity contribution in [2.24, 2.45) is 11.3 Å². The summed E-state index contributed by atoms with van der Waals surface area (Å²) in [5.41, 5.74) is -0.501. The summed E-state index contributed by atoms with van der Waals surface area (Å²) in [7, 11) is -1.93. The van der Waals surface area contributed by atoms with E-state index in [1.54, 1.807) is 12.1 Å². The summed E-state index contributed by atoms with van der Waals surface area (Å²) in [6, 6.07) is 7.19. The van der Waals surface area contributed by atoms with Gasteiger partial charge in [0.25, 0.3) is 0 Å². The highest BCUT2D eigenvalue weighted by atomic mass is 32.2. The molecule has 1 aromatic rings. The van der Waals surface area contributed by atoms with E-state index in [0.29, 0.717) is 5.75 Å². The number of para-hydroxylation sites is 1. The largest absolute Gasteiger partial charge is 0.496 e. The quantitative estimate of drug-likeness (QED) is 0.771. The minimum atomic E-state index is -3.46. The highest BCUT2D eigenvalue weighted by molar-refractivity contribution is 7.88. The molecule has 142 valence electrons. The lowest BCUT2D eigenvalue weighted by molar-refractivity contribution is -0.148. The number of benzene rings is 1. The fourth-order valence-electron chi connectivity index (χ4n) is 3.89. The van der Waals surface area contributed by atoms with E-state index in [0.717, 1.165) is 11.8 Å². The van der Waals surface area contributed by atoms with Crippen LogP contribution in [0.25, 0.3) is 0 Å². The van der Waals surface area contributed by atoms with Crippen LogP contribution in [-0.4, -0.2) is 74.2 Å². The topological polar surface area (TPSA) is 104 Å². The number of carboxylic acid groups (broad SMARTS) is 1. The van der Waals surface area contributed by atoms with Gasteiger partial charge in [0, 0.05) is 37.7 Å². The normalized spacial score (nSPS) is 25.9. The molecule has 2 saturated heterocycles. The maximum atomic E-state index is 12.7. The molecule has 0 aromatic heterocycles. The van der Waals surface area contributed by atoms with Crippen LogP contribution in [0.15, 0.2) is 24.3 Å². The van der Waals surface area contributed by atoms with E-state index in [4.69, 9.17) is 4.74 Å². The molecule has 0 radical (unpaired) electrons. The van der Waals surface area contributed by atoms with Crippen LogP contribution >= 0.6 is 0 Å². The van der Waals surface area contributed by atoms with E-state index in [9.17, 15) is 23.1 Å². The summed E-state index contributed by atoms with van der Waals surface area (Å²) in [6.45, 7) is 0.299. The number of nitrogens with zero attached hydrogens (tertiary/aromatic N) is 2. The smallest absolute Gasteiger partial charge is 0.313 e. The third-order valence-corrected chi connectivity index (χ3v) is 6.58. The van der Waals surface area contributed by atoms with Crippen molar-refractivity contribution in [3.63, 3.8) is 0 Å². The van der Waals surface area contributed by atoms with Gasteiger partial charge in [0.05, 0.1) is 19.8 Å². The summed E-state index contributed by atoms with van der Waals surface area (Å²) < 4.78 is 30.0. The number of carbonyl (C=O) groups excluding carboxylic acids is 1. The molecule has 2 heterocycles. The number of sulfonamides is 1. The van der Waals surface area contributed by atoms with Gasteiger partial charge in [-0.05, 0) is 6.07 Å². The Morgan fingerprint density at radius 1 is 1.27 bits per heavy atom. The second-order valence-electron chi connectivity index (χ2n) is 6.98. The number of hydrogen-bond acceptors (Lipinski definition) is 5. The van der Waals surface area contributed by atoms with E-state index in [1.165, 1.54) is 16.3 Å². The van der Waals surface area contributed by atoms with Gasteiger partial charge >= 0.3 is 5.97 Å². The summed E-state index contributed by atoms with van der Waals surface area (Å²) in [5, 5.41) is 9.75. The molecule has 1 N–H and O–H groups in total. The Bertz CT molecular complexity index is 839. The Morgan fingerprint density at radius 3 is 2.54 bits per heavy atom. The number of aliphatic carboxylic acids is 1. The van der Waals surface area contributed by atoms with E-state index < -0.39 is 27.3 Å². The highest BCUT2D eigenvalue weighted by Gasteiger charge is 2.59. The van der Waals surface area contributed by atoms with Crippen LogP contribution in [0.5, 0.6) is 5.75 Å². The van der Waals surface area contributed by atoms with Crippen molar-refractivity contribution in [2.75, 3.05) is 39.5 Å². The van der Waals surface area contributed by atoms with E-state index in [1.807, 2.05) is 12.1 Å². The number of carboxylic acids is 1. The molecule has 0 bridgehead atoms. The summed E-state index contributed by atoms with van der Waals surface area (Å²) in [4.78, 5) is 26.2. The van der Waals surface area contributed by atoms with Gasteiger partial charge in [0.15, 0.2) is 0 Å². The molecule has 0 saturated carbocycles. The lowest BCUT2D eigenvalue weighted by Gasteiger charge is -2.24. The molecule has 3 rings (SSSR count). The van der Waals surface area contributed by atoms with Gasteiger partial charge in [-0.2, -0.15) is 0 Å². The van der Waals surface area contributed by atoms with Gasteiger partial charge in [-0.3, -0.25) is 9.59 Å². The average molecular weight is 382 g/mol. The van der Waals surface area contributed by atoms with Crippen molar-refractivity contribution < 1.29 is 27.9 Å². The monoisotopic (exact) mass is 382 g/mol. The third kappa shape index (κ3) is 3.16. The van der Waals surface area contributed by atoms with Gasteiger partial charge < -0.3 is 14.7 Å². The van der Waals surface area contributed by atoms with Crippen molar-refractivity contribution in [3.05, 3.63) is 29.8 Å². The van der Waals surface area contributed by atoms with Crippen LogP contribution in [0.2, 0.25) is 0 Å². The molecule has 26 heavy (non-hydrogen) atoms. The predicted octanol–water partition coefficient (Wildman–Crippen LogP) is 0.0423. The Kier molecular flexibility index (Phi) is 4.70. The molecule has 8 nitrogen and oxygen atoms in total. The van der Waals surface area contributed by atoms with Gasteiger partial charge in [-0.25, -0.2) is 12.7 Å². The van der Waals surface area contributed by atoms with Crippen molar-refractivity contribution in [1.29, 1.82) is 0 Å². The lowest BCUT2D eigenvalue weighted by Crippen LogP contribution is -2.43. The molecule has 2 fully saturated rings. The number of rotatable bonds is 5. The van der Waals surface area contributed by atoms with Crippen LogP contribution in [0.4, 0.5) is 0 Å². The third-order valence-electron chi connectivity index (χ3n) is 5.36. The Morgan fingerprint density at radius 2 is 1.96 bits per heavy atom. The van der Waals surface area contributed by atoms with Crippen molar-refractivity contribution in [3.8, 4) is 5.75 Å². The van der Waals surface area contributed by atoms with E-state index >= 15 is 0 Å². The zero-order valence-corrected chi connectivity index (χ0v) is 15.5. The van der Waals surface area contributed by atoms with Crippen LogP contribution in [0.3, 0.4) is 0 Å². The predicted molar refractivity (Wildman–Crippen MR) is 93.3 cm³/mol. The van der Waals surface area contributed by atoms with Gasteiger partial charge in [-0.15, -0.1) is 0 Å². The molecule has 1 aromatic carbocycles. The minimum absolute atomic E-state index is 0.0208. The van der Waals surface area contributed by atoms with Crippen LogP contribution < -0.4 is 4.74 Å². The first-order valence-corrected chi connectivity index (χ1v) is 10.1. The molecule has 2 aliphatic rings. The summed E-state index contributed by atoms with van der Waals surface area (Å²) in [6.07, 6.45) is 1.19. The number of likely N-dealkylation sites (tertiary alicyclic amines) is 1. The first-order chi connectivity index (χ1) is 12.2. The van der Waals surface area contributed by atoms with Gasteiger partial charge in [0.2, 0.25) is 15.9 Å². The minimum Gasteiger partial charge on any atom is -0.496 e. The van der Waals surface area contributed by atoms with Crippen LogP contribution in [0.1, 0.15) is 5.56 Å². The Balaban J connectivity index is 1.77. The maximum absolute atomic E-state index is 12.7. The SMILES string of the molecule is COc1ccccc1CC(=O)N1C[C@H]2CN(S(C)(=O)=O)C[C@@]2(C(=O)O)C1. The average Bonchev–Trinajstić information content (AvgIpc) is 3.10. The van der Waals surface area contributed by atoms with Crippen molar-refractivity contribution >= 4 is 21.9 Å². The van der Waals surface area contributed by atoms with Crippen molar-refractivity contribution in [1.82, 2.24) is 9.21 Å². The zero-order chi connectivity index (χ0) is 19.1. The summed E-state index contributed by atoms with van der Waals surface area (Å²) >= 11 is 0. The molecule has 0 spiro atoms. The first kappa shape index (κ1) is 18.7. The lowest BCUT2D eigenvalue weighted by atomic mass is 9.81. The van der Waals surface area contributed by atoms with Crippen LogP contribution in [-0.2, 0) is 26.0 Å². The zero-order valence-electron chi connectivity index (χ0n) is 14.7. The van der Waals surface area contributed by atoms with Crippen LogP contribution in [0, 0.1) is 11.3 Å². The number of fused-ring (bicyclic) bond motifs is 1. The molecule has 9 heteroatoms. The second-order valence-corrected chi connectivity index (χ2v) is 8.96. The number of ether oxygens (including phenoxy) is 1. The number of methoxy groups -OCH3 is 1. The molecule has 0 unspecified atom stereocenters. The molecule has 1 amide bonds. The number of hydrogen-bond donors (Lipinski definition) is 1. The Labute approximate surface area is 152 Å². The fraction of sp³-hybridized carbons (Fsp3) is 0.529.